The van der Waals surface area contributed by atoms with Gasteiger partial charge in [0.25, 0.3) is 0 Å². The van der Waals surface area contributed by atoms with E-state index in [9.17, 15) is 10.1 Å². The summed E-state index contributed by atoms with van der Waals surface area (Å²) in [5, 5.41) is 10.4. The largest absolute Gasteiger partial charge is 0.465 e. The number of aryl methyl sites for hydroxylation is 1. The Morgan fingerprint density at radius 1 is 1.19 bits per heavy atom. The van der Waals surface area contributed by atoms with E-state index < -0.39 is 5.97 Å². The Morgan fingerprint density at radius 2 is 2.00 bits per heavy atom. The number of rotatable bonds is 3. The van der Waals surface area contributed by atoms with Crippen LogP contribution in [-0.4, -0.2) is 53.9 Å². The molecule has 2 aromatic heterocycles. The molecule has 1 fully saturated rings. The van der Waals surface area contributed by atoms with Crippen LogP contribution in [-0.2, 0) is 9.47 Å². The number of methoxy groups -OCH3 is 1. The van der Waals surface area contributed by atoms with E-state index in [0.29, 0.717) is 35.4 Å². The number of fused-ring (bicyclic) bond motifs is 2. The van der Waals surface area contributed by atoms with Crippen LogP contribution in [0, 0.1) is 18.3 Å². The Morgan fingerprint density at radius 3 is 2.75 bits per heavy atom. The first-order valence-corrected chi connectivity index (χ1v) is 10.3. The van der Waals surface area contributed by atoms with Gasteiger partial charge >= 0.3 is 5.97 Å². The molecule has 8 heteroatoms. The molecule has 1 aliphatic heterocycles. The first-order chi connectivity index (χ1) is 15.6. The molecule has 0 unspecified atom stereocenters. The summed E-state index contributed by atoms with van der Waals surface area (Å²) in [5.74, 6) is 0.292. The van der Waals surface area contributed by atoms with Crippen LogP contribution in [0.3, 0.4) is 0 Å². The van der Waals surface area contributed by atoms with E-state index in [2.05, 4.69) is 16.0 Å². The molecule has 32 heavy (non-hydrogen) atoms. The molecule has 0 atom stereocenters. The van der Waals surface area contributed by atoms with E-state index in [1.165, 1.54) is 7.11 Å². The third-order valence-corrected chi connectivity index (χ3v) is 5.80. The molecule has 5 rings (SSSR count). The summed E-state index contributed by atoms with van der Waals surface area (Å²) in [7, 11) is 1.37. The van der Waals surface area contributed by atoms with Gasteiger partial charge in [0.2, 0.25) is 0 Å². The SMILES string of the molecule is COC(=O)c1cc(N2CCOCC2)cc2c1nc(C)n2-c1ccnc2c(C#N)cccc12. The zero-order valence-electron chi connectivity index (χ0n) is 17.8. The summed E-state index contributed by atoms with van der Waals surface area (Å²) >= 11 is 0. The fraction of sp³-hybridized carbons (Fsp3) is 0.250. The van der Waals surface area contributed by atoms with Gasteiger partial charge in [-0.2, -0.15) is 5.26 Å². The van der Waals surface area contributed by atoms with Gasteiger partial charge in [0.15, 0.2) is 0 Å². The number of imidazole rings is 1. The van der Waals surface area contributed by atoms with E-state index in [1.807, 2.05) is 41.8 Å². The lowest BCUT2D eigenvalue weighted by atomic mass is 10.1. The van der Waals surface area contributed by atoms with Crippen LogP contribution in [0.4, 0.5) is 5.69 Å². The van der Waals surface area contributed by atoms with Crippen molar-refractivity contribution in [3.05, 3.63) is 59.5 Å². The highest BCUT2D eigenvalue weighted by Crippen LogP contribution is 2.32. The van der Waals surface area contributed by atoms with Gasteiger partial charge < -0.3 is 14.4 Å². The topological polar surface area (TPSA) is 93.3 Å². The average Bonchev–Trinajstić information content (AvgIpc) is 3.18. The molecule has 160 valence electrons. The molecule has 0 N–H and O–H groups in total. The third kappa shape index (κ3) is 3.15. The minimum absolute atomic E-state index is 0.421. The second kappa shape index (κ2) is 7.94. The van der Waals surface area contributed by atoms with Crippen molar-refractivity contribution in [2.45, 2.75) is 6.92 Å². The molecule has 0 aliphatic carbocycles. The smallest absolute Gasteiger partial charge is 0.340 e. The number of carbonyl (C=O) groups excluding carboxylic acids is 1. The zero-order valence-corrected chi connectivity index (χ0v) is 17.8. The molecular weight excluding hydrogens is 406 g/mol. The van der Waals surface area contributed by atoms with Crippen LogP contribution >= 0.6 is 0 Å². The average molecular weight is 427 g/mol. The van der Waals surface area contributed by atoms with Crippen molar-refractivity contribution in [3.8, 4) is 11.8 Å². The first-order valence-electron chi connectivity index (χ1n) is 10.3. The Balaban J connectivity index is 1.81. The molecule has 8 nitrogen and oxygen atoms in total. The van der Waals surface area contributed by atoms with Crippen LogP contribution in [0.15, 0.2) is 42.6 Å². The molecular formula is C24H21N5O3. The molecule has 1 aliphatic rings. The van der Waals surface area contributed by atoms with Crippen molar-refractivity contribution in [2.75, 3.05) is 38.3 Å². The van der Waals surface area contributed by atoms with E-state index >= 15 is 0 Å². The van der Waals surface area contributed by atoms with Crippen molar-refractivity contribution in [1.82, 2.24) is 14.5 Å². The van der Waals surface area contributed by atoms with Crippen LogP contribution in [0.2, 0.25) is 0 Å². The number of pyridine rings is 1. The minimum Gasteiger partial charge on any atom is -0.465 e. The fourth-order valence-corrected chi connectivity index (χ4v) is 4.30. The number of hydrogen-bond acceptors (Lipinski definition) is 7. The summed E-state index contributed by atoms with van der Waals surface area (Å²) in [6.45, 7) is 4.65. The highest BCUT2D eigenvalue weighted by Gasteiger charge is 2.23. The predicted octanol–water partition coefficient (Wildman–Crippen LogP) is 3.38. The lowest BCUT2D eigenvalue weighted by Crippen LogP contribution is -2.36. The van der Waals surface area contributed by atoms with Gasteiger partial charge in [-0.1, -0.05) is 12.1 Å². The van der Waals surface area contributed by atoms with Gasteiger partial charge in [0.05, 0.1) is 48.2 Å². The lowest BCUT2D eigenvalue weighted by Gasteiger charge is -2.29. The predicted molar refractivity (Wildman–Crippen MR) is 120 cm³/mol. The molecule has 2 aromatic carbocycles. The van der Waals surface area contributed by atoms with Crippen molar-refractivity contribution in [1.29, 1.82) is 5.26 Å². The molecule has 0 saturated carbocycles. The highest BCUT2D eigenvalue weighted by atomic mass is 16.5. The number of aromatic nitrogens is 3. The second-order valence-corrected chi connectivity index (χ2v) is 7.59. The number of nitrogens with zero attached hydrogens (tertiary/aromatic N) is 5. The van der Waals surface area contributed by atoms with Crippen molar-refractivity contribution in [3.63, 3.8) is 0 Å². The Kier molecular flexibility index (Phi) is 4.96. The molecule has 0 radical (unpaired) electrons. The Hall–Kier alpha value is -3.96. The number of ether oxygens (including phenoxy) is 2. The van der Waals surface area contributed by atoms with Gasteiger partial charge in [-0.3, -0.25) is 9.55 Å². The number of morpholine rings is 1. The van der Waals surface area contributed by atoms with Crippen molar-refractivity contribution < 1.29 is 14.3 Å². The number of para-hydroxylation sites is 1. The summed E-state index contributed by atoms with van der Waals surface area (Å²) in [4.78, 5) is 24.0. The first kappa shape index (κ1) is 20.0. The molecule has 3 heterocycles. The summed E-state index contributed by atoms with van der Waals surface area (Å²) in [5.41, 5.74) is 4.70. The van der Waals surface area contributed by atoms with Gasteiger partial charge in [-0.25, -0.2) is 9.78 Å². The molecule has 0 bridgehead atoms. The quantitative estimate of drug-likeness (QED) is 0.463. The fourth-order valence-electron chi connectivity index (χ4n) is 4.30. The van der Waals surface area contributed by atoms with Crippen molar-refractivity contribution in [2.24, 2.45) is 0 Å². The number of anilines is 1. The zero-order chi connectivity index (χ0) is 22.2. The molecule has 0 spiro atoms. The monoisotopic (exact) mass is 427 g/mol. The van der Waals surface area contributed by atoms with Gasteiger partial charge in [0.1, 0.15) is 17.4 Å². The maximum atomic E-state index is 12.7. The number of nitriles is 1. The third-order valence-electron chi connectivity index (χ3n) is 5.80. The van der Waals surface area contributed by atoms with Gasteiger partial charge in [0, 0.05) is 30.4 Å². The van der Waals surface area contributed by atoms with Gasteiger partial charge in [-0.05, 0) is 31.2 Å². The van der Waals surface area contributed by atoms with E-state index in [1.54, 1.807) is 12.3 Å². The maximum absolute atomic E-state index is 12.7. The van der Waals surface area contributed by atoms with Crippen LogP contribution in [0.5, 0.6) is 0 Å². The maximum Gasteiger partial charge on any atom is 0.340 e. The molecule has 1 saturated heterocycles. The summed E-state index contributed by atoms with van der Waals surface area (Å²) in [6.07, 6.45) is 1.69. The molecule has 0 amide bonds. The second-order valence-electron chi connectivity index (χ2n) is 7.59. The standard InChI is InChI=1S/C24H21N5O3/c1-15-27-23-19(24(30)31-2)12-17(28-8-10-32-11-9-28)13-21(23)29(15)20-6-7-26-22-16(14-25)4-3-5-18(20)22/h3-7,12-13H,8-11H2,1-2H3. The Bertz CT molecular complexity index is 1400. The van der Waals surface area contributed by atoms with E-state index in [0.717, 1.165) is 41.2 Å². The number of esters is 1. The van der Waals surface area contributed by atoms with Crippen molar-refractivity contribution >= 4 is 33.6 Å². The highest BCUT2D eigenvalue weighted by molar-refractivity contribution is 6.05. The minimum atomic E-state index is -0.430. The lowest BCUT2D eigenvalue weighted by molar-refractivity contribution is 0.0603. The van der Waals surface area contributed by atoms with Crippen LogP contribution in [0.25, 0.3) is 27.6 Å². The normalized spacial score (nSPS) is 14.0. The van der Waals surface area contributed by atoms with Gasteiger partial charge in [-0.15, -0.1) is 0 Å². The van der Waals surface area contributed by atoms with E-state index in [-0.39, 0.29) is 0 Å². The summed E-state index contributed by atoms with van der Waals surface area (Å²) in [6, 6.07) is 13.5. The number of benzene rings is 2. The summed E-state index contributed by atoms with van der Waals surface area (Å²) < 4.78 is 12.6. The molecule has 4 aromatic rings. The van der Waals surface area contributed by atoms with E-state index in [4.69, 9.17) is 14.5 Å². The van der Waals surface area contributed by atoms with Crippen LogP contribution in [0.1, 0.15) is 21.7 Å². The Labute approximate surface area is 184 Å². The van der Waals surface area contributed by atoms with Crippen LogP contribution < -0.4 is 4.90 Å². The number of carbonyl (C=O) groups is 1. The number of hydrogen-bond donors (Lipinski definition) is 0.